The van der Waals surface area contributed by atoms with Crippen molar-refractivity contribution in [1.29, 1.82) is 0 Å². The predicted octanol–water partition coefficient (Wildman–Crippen LogP) is 3.67. The lowest BCUT2D eigenvalue weighted by atomic mass is 9.94. The Labute approximate surface area is 150 Å². The number of amides is 1. The van der Waals surface area contributed by atoms with Gasteiger partial charge in [-0.1, -0.05) is 63.2 Å². The maximum atomic E-state index is 12.4. The van der Waals surface area contributed by atoms with Crippen molar-refractivity contribution >= 4 is 5.91 Å². The monoisotopic (exact) mass is 340 g/mol. The molecule has 0 spiro atoms. The highest BCUT2D eigenvalue weighted by atomic mass is 16.5. The van der Waals surface area contributed by atoms with Crippen LogP contribution >= 0.6 is 0 Å². The number of benzene rings is 2. The maximum Gasteiger partial charge on any atom is 0.225 e. The lowest BCUT2D eigenvalue weighted by molar-refractivity contribution is -0.125. The first-order valence-corrected chi connectivity index (χ1v) is 8.77. The Hall–Kier alpha value is -2.33. The second kappa shape index (κ2) is 9.23. The second-order valence-electron chi connectivity index (χ2n) is 6.80. The first kappa shape index (κ1) is 19.0. The van der Waals surface area contributed by atoms with Crippen molar-refractivity contribution < 1.29 is 9.53 Å². The van der Waals surface area contributed by atoms with Gasteiger partial charge in [-0.3, -0.25) is 4.79 Å². The Morgan fingerprint density at radius 3 is 2.48 bits per heavy atom. The smallest absolute Gasteiger partial charge is 0.225 e. The number of rotatable bonds is 8. The van der Waals surface area contributed by atoms with Gasteiger partial charge in [-0.15, -0.1) is 0 Å². The van der Waals surface area contributed by atoms with E-state index in [0.29, 0.717) is 19.1 Å². The summed E-state index contributed by atoms with van der Waals surface area (Å²) >= 11 is 0. The molecule has 3 N–H and O–H groups in total. The van der Waals surface area contributed by atoms with Gasteiger partial charge in [0.15, 0.2) is 0 Å². The Morgan fingerprint density at radius 1 is 1.08 bits per heavy atom. The zero-order valence-corrected chi connectivity index (χ0v) is 15.2. The molecule has 2 rings (SSSR count). The van der Waals surface area contributed by atoms with Crippen LogP contribution in [0.2, 0.25) is 0 Å². The normalized spacial score (nSPS) is 13.3. The predicted molar refractivity (Wildman–Crippen MR) is 101 cm³/mol. The molecule has 0 radical (unpaired) electrons. The second-order valence-corrected chi connectivity index (χ2v) is 6.80. The van der Waals surface area contributed by atoms with E-state index < -0.39 is 0 Å². The molecule has 2 unspecified atom stereocenters. The summed E-state index contributed by atoms with van der Waals surface area (Å²) in [7, 11) is 0. The summed E-state index contributed by atoms with van der Waals surface area (Å²) in [6, 6.07) is 17.2. The van der Waals surface area contributed by atoms with Crippen LogP contribution < -0.4 is 15.8 Å². The molecule has 0 bridgehead atoms. The Kier molecular flexibility index (Phi) is 7.02. The van der Waals surface area contributed by atoms with E-state index in [1.807, 2.05) is 61.5 Å². The summed E-state index contributed by atoms with van der Waals surface area (Å²) in [4.78, 5) is 12.4. The summed E-state index contributed by atoms with van der Waals surface area (Å²) in [5, 5.41) is 2.97. The molecule has 0 aliphatic heterocycles. The number of carbonyl (C=O) groups excluding carboxylic acids is 1. The van der Waals surface area contributed by atoms with E-state index in [4.69, 9.17) is 10.5 Å². The largest absolute Gasteiger partial charge is 0.493 e. The topological polar surface area (TPSA) is 64.3 Å². The lowest BCUT2D eigenvalue weighted by Gasteiger charge is -2.20. The Morgan fingerprint density at radius 2 is 1.80 bits per heavy atom. The summed E-state index contributed by atoms with van der Waals surface area (Å²) in [6.45, 7) is 7.22. The van der Waals surface area contributed by atoms with Crippen molar-refractivity contribution in [2.45, 2.75) is 33.4 Å². The van der Waals surface area contributed by atoms with Crippen molar-refractivity contribution in [2.24, 2.45) is 17.6 Å². The van der Waals surface area contributed by atoms with Gasteiger partial charge in [0.1, 0.15) is 5.75 Å². The standard InChI is InChI=1S/C21H28N2O2/c1-15(2)14-25-19-11-7-8-17(12-19)13-23-21(24)16(3)20(22)18-9-5-4-6-10-18/h4-12,15-16,20H,13-14,22H2,1-3H3,(H,23,24). The number of ether oxygens (including phenoxy) is 1. The van der Waals surface area contributed by atoms with Crippen LogP contribution in [0.4, 0.5) is 0 Å². The lowest BCUT2D eigenvalue weighted by Crippen LogP contribution is -2.35. The van der Waals surface area contributed by atoms with Crippen molar-refractivity contribution in [3.8, 4) is 5.75 Å². The zero-order valence-electron chi connectivity index (χ0n) is 15.2. The van der Waals surface area contributed by atoms with E-state index in [1.165, 1.54) is 0 Å². The molecule has 0 fully saturated rings. The molecule has 4 nitrogen and oxygen atoms in total. The van der Waals surface area contributed by atoms with Gasteiger partial charge in [0.2, 0.25) is 5.91 Å². The molecule has 1 amide bonds. The molecule has 0 saturated carbocycles. The summed E-state index contributed by atoms with van der Waals surface area (Å²) < 4.78 is 5.73. The van der Waals surface area contributed by atoms with E-state index in [1.54, 1.807) is 0 Å². The van der Waals surface area contributed by atoms with Crippen LogP contribution in [0.3, 0.4) is 0 Å². The van der Waals surface area contributed by atoms with E-state index in [2.05, 4.69) is 19.2 Å². The van der Waals surface area contributed by atoms with Crippen LogP contribution in [0.1, 0.15) is 37.9 Å². The fourth-order valence-corrected chi connectivity index (χ4v) is 2.49. The third kappa shape index (κ3) is 5.91. The summed E-state index contributed by atoms with van der Waals surface area (Å²) in [6.07, 6.45) is 0. The quantitative estimate of drug-likeness (QED) is 0.770. The van der Waals surface area contributed by atoms with Crippen molar-refractivity contribution in [3.05, 3.63) is 65.7 Å². The molecular weight excluding hydrogens is 312 g/mol. The minimum atomic E-state index is -0.318. The molecule has 25 heavy (non-hydrogen) atoms. The number of hydrogen-bond acceptors (Lipinski definition) is 3. The molecule has 134 valence electrons. The third-order valence-electron chi connectivity index (χ3n) is 4.09. The molecule has 4 heteroatoms. The zero-order chi connectivity index (χ0) is 18.2. The van der Waals surface area contributed by atoms with Crippen molar-refractivity contribution in [3.63, 3.8) is 0 Å². The van der Waals surface area contributed by atoms with Crippen LogP contribution in [0.25, 0.3) is 0 Å². The highest BCUT2D eigenvalue weighted by Crippen LogP contribution is 2.19. The highest BCUT2D eigenvalue weighted by molar-refractivity contribution is 5.79. The highest BCUT2D eigenvalue weighted by Gasteiger charge is 2.21. The minimum absolute atomic E-state index is 0.0511. The molecule has 2 aromatic carbocycles. The van der Waals surface area contributed by atoms with E-state index in [0.717, 1.165) is 16.9 Å². The number of carbonyl (C=O) groups is 1. The Balaban J connectivity index is 1.90. The van der Waals surface area contributed by atoms with E-state index in [-0.39, 0.29) is 17.9 Å². The van der Waals surface area contributed by atoms with E-state index >= 15 is 0 Å². The molecule has 0 aromatic heterocycles. The van der Waals surface area contributed by atoms with Gasteiger partial charge < -0.3 is 15.8 Å². The van der Waals surface area contributed by atoms with Gasteiger partial charge in [0.25, 0.3) is 0 Å². The Bertz CT molecular complexity index is 671. The van der Waals surface area contributed by atoms with Gasteiger partial charge in [-0.25, -0.2) is 0 Å². The third-order valence-corrected chi connectivity index (χ3v) is 4.09. The molecule has 0 aliphatic rings. The van der Waals surface area contributed by atoms with E-state index in [9.17, 15) is 4.79 Å². The van der Waals surface area contributed by atoms with Crippen LogP contribution in [0, 0.1) is 11.8 Å². The molecule has 2 atom stereocenters. The minimum Gasteiger partial charge on any atom is -0.493 e. The molecule has 2 aromatic rings. The number of nitrogens with one attached hydrogen (secondary N) is 1. The average Bonchev–Trinajstić information content (AvgIpc) is 2.64. The molecule has 0 saturated heterocycles. The van der Waals surface area contributed by atoms with Gasteiger partial charge in [-0.05, 0) is 29.2 Å². The van der Waals surface area contributed by atoms with Crippen LogP contribution in [0.5, 0.6) is 5.75 Å². The fraction of sp³-hybridized carbons (Fsp3) is 0.381. The first-order chi connectivity index (χ1) is 12.0. The average molecular weight is 340 g/mol. The molecular formula is C21H28N2O2. The van der Waals surface area contributed by atoms with Crippen LogP contribution in [-0.2, 0) is 11.3 Å². The first-order valence-electron chi connectivity index (χ1n) is 8.77. The summed E-state index contributed by atoms with van der Waals surface area (Å²) in [5.74, 6) is 0.950. The van der Waals surface area contributed by atoms with Crippen molar-refractivity contribution in [1.82, 2.24) is 5.32 Å². The molecule has 0 heterocycles. The summed E-state index contributed by atoms with van der Waals surface area (Å²) in [5.41, 5.74) is 8.20. The number of hydrogen-bond donors (Lipinski definition) is 2. The van der Waals surface area contributed by atoms with Crippen LogP contribution in [-0.4, -0.2) is 12.5 Å². The van der Waals surface area contributed by atoms with Crippen molar-refractivity contribution in [2.75, 3.05) is 6.61 Å². The van der Waals surface area contributed by atoms with Gasteiger partial charge in [-0.2, -0.15) is 0 Å². The van der Waals surface area contributed by atoms with Gasteiger partial charge in [0, 0.05) is 12.6 Å². The molecule has 0 aliphatic carbocycles. The van der Waals surface area contributed by atoms with Gasteiger partial charge in [0.05, 0.1) is 12.5 Å². The maximum absolute atomic E-state index is 12.4. The van der Waals surface area contributed by atoms with Gasteiger partial charge >= 0.3 is 0 Å². The van der Waals surface area contributed by atoms with Crippen LogP contribution in [0.15, 0.2) is 54.6 Å². The fourth-order valence-electron chi connectivity index (χ4n) is 2.49. The SMILES string of the molecule is CC(C)COc1cccc(CNC(=O)C(C)C(N)c2ccccc2)c1. The number of nitrogens with two attached hydrogens (primary N) is 1.